The van der Waals surface area contributed by atoms with Gasteiger partial charge in [0.25, 0.3) is 0 Å². The third-order valence-electron chi connectivity index (χ3n) is 5.60. The van der Waals surface area contributed by atoms with Crippen LogP contribution in [0.2, 0.25) is 0 Å². The summed E-state index contributed by atoms with van der Waals surface area (Å²) in [6.07, 6.45) is 2.07. The van der Waals surface area contributed by atoms with Crippen LogP contribution in [0.4, 0.5) is 5.69 Å². The molecule has 0 radical (unpaired) electrons. The molecule has 3 aromatic carbocycles. The van der Waals surface area contributed by atoms with E-state index in [1.54, 1.807) is 60.7 Å². The van der Waals surface area contributed by atoms with Crippen LogP contribution in [0.15, 0.2) is 72.8 Å². The number of hydrogen-bond donors (Lipinski definition) is 2. The number of ketones is 1. The summed E-state index contributed by atoms with van der Waals surface area (Å²) < 4.78 is 5.24. The van der Waals surface area contributed by atoms with Gasteiger partial charge in [-0.1, -0.05) is 54.6 Å². The summed E-state index contributed by atoms with van der Waals surface area (Å²) in [5.74, 6) is -1.18. The van der Waals surface area contributed by atoms with Crippen LogP contribution < -0.4 is 10.1 Å². The zero-order valence-electron chi connectivity index (χ0n) is 17.4. The van der Waals surface area contributed by atoms with Crippen molar-refractivity contribution in [3.63, 3.8) is 0 Å². The number of carbonyl (C=O) groups is 3. The number of nitrogens with one attached hydrogen (secondary N) is 1. The zero-order chi connectivity index (χ0) is 22.5. The van der Waals surface area contributed by atoms with Gasteiger partial charge in [0.15, 0.2) is 5.78 Å². The lowest BCUT2D eigenvalue weighted by Crippen LogP contribution is -2.26. The van der Waals surface area contributed by atoms with Gasteiger partial charge in [0, 0.05) is 11.1 Å². The molecule has 0 bridgehead atoms. The molecule has 3 aromatic rings. The van der Waals surface area contributed by atoms with Crippen LogP contribution in [0.1, 0.15) is 45.8 Å². The first-order valence-corrected chi connectivity index (χ1v) is 10.5. The number of rotatable bonds is 6. The van der Waals surface area contributed by atoms with Crippen molar-refractivity contribution in [2.75, 3.05) is 11.9 Å². The lowest BCUT2D eigenvalue weighted by atomic mass is 9.81. The highest BCUT2D eigenvalue weighted by molar-refractivity contribution is 6.14. The van der Waals surface area contributed by atoms with Gasteiger partial charge in [-0.15, -0.1) is 0 Å². The van der Waals surface area contributed by atoms with Crippen molar-refractivity contribution < 1.29 is 24.2 Å². The fraction of sp³-hybridized carbons (Fsp3) is 0.192. The van der Waals surface area contributed by atoms with E-state index in [2.05, 4.69) is 5.32 Å². The normalized spacial score (nSPS) is 14.8. The Bertz CT molecular complexity index is 1160. The van der Waals surface area contributed by atoms with Gasteiger partial charge in [0.05, 0.1) is 11.6 Å². The Morgan fingerprint density at radius 2 is 1.69 bits per heavy atom. The van der Waals surface area contributed by atoms with E-state index >= 15 is 0 Å². The number of aliphatic hydroxyl groups excluding tert-OH is 1. The summed E-state index contributed by atoms with van der Waals surface area (Å²) in [6, 6.07) is 21.2. The summed E-state index contributed by atoms with van der Waals surface area (Å²) in [7, 11) is 0. The van der Waals surface area contributed by atoms with E-state index < -0.39 is 18.5 Å². The van der Waals surface area contributed by atoms with Crippen molar-refractivity contribution in [1.82, 2.24) is 0 Å². The van der Waals surface area contributed by atoms with Crippen molar-refractivity contribution in [1.29, 1.82) is 0 Å². The number of amides is 1. The Labute approximate surface area is 185 Å². The van der Waals surface area contributed by atoms with Gasteiger partial charge in [0.1, 0.15) is 12.4 Å². The van der Waals surface area contributed by atoms with E-state index in [1.165, 1.54) is 0 Å². The Morgan fingerprint density at radius 1 is 0.938 bits per heavy atom. The Morgan fingerprint density at radius 3 is 2.47 bits per heavy atom. The van der Waals surface area contributed by atoms with Gasteiger partial charge in [-0.25, -0.2) is 4.79 Å². The van der Waals surface area contributed by atoms with E-state index in [0.717, 1.165) is 17.5 Å². The predicted octanol–water partition coefficient (Wildman–Crippen LogP) is 3.87. The second kappa shape index (κ2) is 9.58. The SMILES string of the molecule is O=C(CO)Oc1cccc2c1CCCC2C(=O)Nc1ccccc1C(=O)c1ccccc1. The highest BCUT2D eigenvalue weighted by Gasteiger charge is 2.29. The largest absolute Gasteiger partial charge is 0.425 e. The van der Waals surface area contributed by atoms with Gasteiger partial charge in [-0.2, -0.15) is 0 Å². The average Bonchev–Trinajstić information content (AvgIpc) is 2.84. The summed E-state index contributed by atoms with van der Waals surface area (Å²) in [4.78, 5) is 37.8. The van der Waals surface area contributed by atoms with Crippen molar-refractivity contribution >= 4 is 23.3 Å². The highest BCUT2D eigenvalue weighted by atomic mass is 16.5. The lowest BCUT2D eigenvalue weighted by molar-refractivity contribution is -0.137. The maximum atomic E-state index is 13.3. The Balaban J connectivity index is 1.60. The monoisotopic (exact) mass is 429 g/mol. The van der Waals surface area contributed by atoms with Gasteiger partial charge in [-0.3, -0.25) is 9.59 Å². The third-order valence-corrected chi connectivity index (χ3v) is 5.60. The molecule has 1 unspecified atom stereocenters. The summed E-state index contributed by atoms with van der Waals surface area (Å²) in [5, 5.41) is 11.9. The fourth-order valence-corrected chi connectivity index (χ4v) is 4.09. The number of carbonyl (C=O) groups excluding carboxylic acids is 3. The van der Waals surface area contributed by atoms with Crippen molar-refractivity contribution in [3.8, 4) is 5.75 Å². The minimum absolute atomic E-state index is 0.163. The summed E-state index contributed by atoms with van der Waals surface area (Å²) in [5.41, 5.74) is 3.03. The molecular formula is C26H23NO5. The first-order valence-electron chi connectivity index (χ1n) is 10.5. The van der Waals surface area contributed by atoms with Crippen molar-refractivity contribution in [3.05, 3.63) is 95.1 Å². The van der Waals surface area contributed by atoms with E-state index in [-0.39, 0.29) is 11.7 Å². The van der Waals surface area contributed by atoms with Crippen LogP contribution >= 0.6 is 0 Å². The number of para-hydroxylation sites is 1. The van der Waals surface area contributed by atoms with Crippen LogP contribution in [0.3, 0.4) is 0 Å². The van der Waals surface area contributed by atoms with Gasteiger partial charge >= 0.3 is 5.97 Å². The standard InChI is InChI=1S/C26H23NO5/c28-16-24(29)32-23-15-7-11-18-19(23)12-6-13-20(18)26(31)27-22-14-5-4-10-21(22)25(30)17-8-2-1-3-9-17/h1-5,7-11,14-15,20,28H,6,12-13,16H2,(H,27,31). The molecule has 0 heterocycles. The molecule has 32 heavy (non-hydrogen) atoms. The molecule has 4 rings (SSSR count). The number of aliphatic hydroxyl groups is 1. The molecule has 2 N–H and O–H groups in total. The van der Waals surface area contributed by atoms with E-state index in [4.69, 9.17) is 9.84 Å². The number of hydrogen-bond acceptors (Lipinski definition) is 5. The van der Waals surface area contributed by atoms with Crippen LogP contribution in [-0.2, 0) is 16.0 Å². The first-order chi connectivity index (χ1) is 15.6. The topological polar surface area (TPSA) is 92.7 Å². The van der Waals surface area contributed by atoms with Crippen LogP contribution in [-0.4, -0.2) is 29.4 Å². The molecule has 0 saturated heterocycles. The molecule has 1 aliphatic rings. The Hall–Kier alpha value is -3.77. The number of benzene rings is 3. The first kappa shape index (κ1) is 21.5. The number of fused-ring (bicyclic) bond motifs is 1. The lowest BCUT2D eigenvalue weighted by Gasteiger charge is -2.26. The van der Waals surface area contributed by atoms with Gasteiger partial charge < -0.3 is 15.2 Å². The number of esters is 1. The average molecular weight is 429 g/mol. The molecule has 0 spiro atoms. The predicted molar refractivity (Wildman–Crippen MR) is 120 cm³/mol. The van der Waals surface area contributed by atoms with Crippen LogP contribution in [0.5, 0.6) is 5.75 Å². The van der Waals surface area contributed by atoms with E-state index in [0.29, 0.717) is 35.4 Å². The molecule has 1 amide bonds. The van der Waals surface area contributed by atoms with Crippen molar-refractivity contribution in [2.24, 2.45) is 0 Å². The van der Waals surface area contributed by atoms with E-state index in [9.17, 15) is 14.4 Å². The molecule has 1 aliphatic carbocycles. The highest BCUT2D eigenvalue weighted by Crippen LogP contribution is 2.37. The maximum Gasteiger partial charge on any atom is 0.337 e. The molecule has 0 fully saturated rings. The third kappa shape index (κ3) is 4.45. The number of ether oxygens (including phenoxy) is 1. The molecule has 1 atom stereocenters. The fourth-order valence-electron chi connectivity index (χ4n) is 4.09. The quantitative estimate of drug-likeness (QED) is 0.353. The molecule has 0 aromatic heterocycles. The second-order valence-electron chi connectivity index (χ2n) is 7.63. The van der Waals surface area contributed by atoms with Crippen molar-refractivity contribution in [2.45, 2.75) is 25.2 Å². The van der Waals surface area contributed by atoms with Gasteiger partial charge in [-0.05, 0) is 48.6 Å². The molecule has 6 nitrogen and oxygen atoms in total. The summed E-state index contributed by atoms with van der Waals surface area (Å²) >= 11 is 0. The maximum absolute atomic E-state index is 13.3. The van der Waals surface area contributed by atoms with Crippen LogP contribution in [0, 0.1) is 0 Å². The van der Waals surface area contributed by atoms with E-state index in [1.807, 2.05) is 12.1 Å². The molecule has 6 heteroatoms. The summed E-state index contributed by atoms with van der Waals surface area (Å²) in [6.45, 7) is -0.709. The Kier molecular flexibility index (Phi) is 6.42. The minimum Gasteiger partial charge on any atom is -0.425 e. The smallest absolute Gasteiger partial charge is 0.337 e. The molecular weight excluding hydrogens is 406 g/mol. The van der Waals surface area contributed by atoms with Gasteiger partial charge in [0.2, 0.25) is 5.91 Å². The minimum atomic E-state index is -0.738. The molecule has 0 aliphatic heterocycles. The zero-order valence-corrected chi connectivity index (χ0v) is 17.4. The molecule has 0 saturated carbocycles. The van der Waals surface area contributed by atoms with Crippen LogP contribution in [0.25, 0.3) is 0 Å². The number of anilines is 1. The second-order valence-corrected chi connectivity index (χ2v) is 7.63. The molecule has 162 valence electrons.